The fourth-order valence-corrected chi connectivity index (χ4v) is 2.35. The molecule has 0 bridgehead atoms. The fraction of sp³-hybridized carbons (Fsp3) is 0.105. The highest BCUT2D eigenvalue weighted by Gasteiger charge is 2.07. The molecule has 2 aromatic carbocycles. The summed E-state index contributed by atoms with van der Waals surface area (Å²) in [5.41, 5.74) is 1.94. The van der Waals surface area contributed by atoms with E-state index in [4.69, 9.17) is 9.47 Å². The Labute approximate surface area is 151 Å². The van der Waals surface area contributed by atoms with E-state index in [0.717, 1.165) is 11.4 Å². The monoisotopic (exact) mass is 350 g/mol. The summed E-state index contributed by atoms with van der Waals surface area (Å²) in [6, 6.07) is 16.2. The van der Waals surface area contributed by atoms with Crippen molar-refractivity contribution in [2.24, 2.45) is 0 Å². The average molecular weight is 350 g/mol. The van der Waals surface area contributed by atoms with Gasteiger partial charge in [-0.2, -0.15) is 4.98 Å². The Bertz CT molecular complexity index is 915. The number of carbonyl (C=O) groups excluding carboxylic acids is 1. The number of esters is 1. The van der Waals surface area contributed by atoms with Crippen LogP contribution in [0.3, 0.4) is 0 Å². The Balaban J connectivity index is 1.78. The van der Waals surface area contributed by atoms with Gasteiger partial charge >= 0.3 is 5.97 Å². The number of rotatable bonds is 6. The quantitative estimate of drug-likeness (QED) is 0.655. The van der Waals surface area contributed by atoms with E-state index in [1.165, 1.54) is 7.11 Å². The summed E-state index contributed by atoms with van der Waals surface area (Å²) < 4.78 is 10.0. The number of aromatic nitrogens is 2. The van der Waals surface area contributed by atoms with Crippen molar-refractivity contribution in [2.45, 2.75) is 0 Å². The largest absolute Gasteiger partial charge is 0.495 e. The first-order chi connectivity index (χ1) is 12.7. The maximum atomic E-state index is 11.6. The van der Waals surface area contributed by atoms with E-state index in [-0.39, 0.29) is 0 Å². The first-order valence-electron chi connectivity index (χ1n) is 7.88. The number of ether oxygens (including phenoxy) is 2. The molecule has 3 aromatic rings. The van der Waals surface area contributed by atoms with Gasteiger partial charge in [-0.05, 0) is 36.4 Å². The third-order valence-corrected chi connectivity index (χ3v) is 3.57. The molecule has 7 heteroatoms. The van der Waals surface area contributed by atoms with E-state index in [1.807, 2.05) is 30.3 Å². The molecule has 26 heavy (non-hydrogen) atoms. The minimum atomic E-state index is -0.394. The highest BCUT2D eigenvalue weighted by atomic mass is 16.5. The Hall–Kier alpha value is -3.61. The molecule has 0 aliphatic rings. The van der Waals surface area contributed by atoms with Crippen molar-refractivity contribution in [3.8, 4) is 5.75 Å². The van der Waals surface area contributed by atoms with Crippen LogP contribution in [-0.4, -0.2) is 30.2 Å². The zero-order valence-electron chi connectivity index (χ0n) is 14.4. The SMILES string of the molecule is COC(=O)c1cccc(Nc2ccnc(Nc3ccccc3OC)n2)c1. The van der Waals surface area contributed by atoms with Crippen LogP contribution in [0.15, 0.2) is 60.8 Å². The molecule has 0 saturated carbocycles. The highest BCUT2D eigenvalue weighted by molar-refractivity contribution is 5.90. The normalized spacial score (nSPS) is 10.1. The summed E-state index contributed by atoms with van der Waals surface area (Å²) in [6.07, 6.45) is 1.64. The first-order valence-corrected chi connectivity index (χ1v) is 7.88. The van der Waals surface area contributed by atoms with Gasteiger partial charge in [0.15, 0.2) is 0 Å². The fourth-order valence-electron chi connectivity index (χ4n) is 2.35. The molecule has 132 valence electrons. The van der Waals surface area contributed by atoms with Crippen LogP contribution in [0.1, 0.15) is 10.4 Å². The van der Waals surface area contributed by atoms with Crippen molar-refractivity contribution in [3.63, 3.8) is 0 Å². The standard InChI is InChI=1S/C19H18N4O3/c1-25-16-9-4-3-8-15(16)22-19-20-11-10-17(23-19)21-14-7-5-6-13(12-14)18(24)26-2/h3-12H,1-2H3,(H2,20,21,22,23). The summed E-state index contributed by atoms with van der Waals surface area (Å²) >= 11 is 0. The van der Waals surface area contributed by atoms with Crippen LogP contribution in [0.2, 0.25) is 0 Å². The van der Waals surface area contributed by atoms with Gasteiger partial charge in [-0.25, -0.2) is 9.78 Å². The van der Waals surface area contributed by atoms with Crippen LogP contribution in [0.25, 0.3) is 0 Å². The molecule has 0 unspecified atom stereocenters. The van der Waals surface area contributed by atoms with Gasteiger partial charge in [0.2, 0.25) is 5.95 Å². The summed E-state index contributed by atoms with van der Waals surface area (Å²) in [7, 11) is 2.95. The minimum Gasteiger partial charge on any atom is -0.495 e. The number of hydrogen-bond acceptors (Lipinski definition) is 7. The Morgan fingerprint density at radius 2 is 1.85 bits per heavy atom. The first kappa shape index (κ1) is 17.2. The third kappa shape index (κ3) is 4.07. The van der Waals surface area contributed by atoms with Crippen LogP contribution < -0.4 is 15.4 Å². The second-order valence-electron chi connectivity index (χ2n) is 5.29. The van der Waals surface area contributed by atoms with E-state index >= 15 is 0 Å². The van der Waals surface area contributed by atoms with E-state index in [0.29, 0.717) is 23.1 Å². The smallest absolute Gasteiger partial charge is 0.337 e. The van der Waals surface area contributed by atoms with Crippen molar-refractivity contribution in [2.75, 3.05) is 24.9 Å². The van der Waals surface area contributed by atoms with E-state index in [2.05, 4.69) is 20.6 Å². The van der Waals surface area contributed by atoms with Crippen molar-refractivity contribution >= 4 is 29.1 Å². The molecular weight excluding hydrogens is 332 g/mol. The van der Waals surface area contributed by atoms with E-state index in [9.17, 15) is 4.79 Å². The maximum Gasteiger partial charge on any atom is 0.337 e. The molecular formula is C19H18N4O3. The maximum absolute atomic E-state index is 11.6. The Morgan fingerprint density at radius 1 is 1.00 bits per heavy atom. The number of methoxy groups -OCH3 is 2. The molecule has 1 heterocycles. The lowest BCUT2D eigenvalue weighted by atomic mass is 10.2. The number of benzene rings is 2. The Kier molecular flexibility index (Phi) is 5.28. The number of nitrogens with one attached hydrogen (secondary N) is 2. The molecule has 0 radical (unpaired) electrons. The van der Waals surface area contributed by atoms with Crippen molar-refractivity contribution in [1.82, 2.24) is 9.97 Å². The summed E-state index contributed by atoms with van der Waals surface area (Å²) in [6.45, 7) is 0. The van der Waals surface area contributed by atoms with E-state index in [1.54, 1.807) is 37.6 Å². The van der Waals surface area contributed by atoms with Crippen LogP contribution in [-0.2, 0) is 4.74 Å². The predicted octanol–water partition coefficient (Wildman–Crippen LogP) is 3.76. The van der Waals surface area contributed by atoms with Gasteiger partial charge in [0.1, 0.15) is 11.6 Å². The number of anilines is 4. The van der Waals surface area contributed by atoms with Crippen molar-refractivity contribution < 1.29 is 14.3 Å². The van der Waals surface area contributed by atoms with Gasteiger partial charge in [-0.1, -0.05) is 18.2 Å². The summed E-state index contributed by atoms with van der Waals surface area (Å²) in [5, 5.41) is 6.27. The lowest BCUT2D eigenvalue weighted by Crippen LogP contribution is -2.03. The second-order valence-corrected chi connectivity index (χ2v) is 5.29. The lowest BCUT2D eigenvalue weighted by molar-refractivity contribution is 0.0601. The average Bonchev–Trinajstić information content (AvgIpc) is 2.68. The molecule has 0 fully saturated rings. The molecule has 3 rings (SSSR count). The van der Waals surface area contributed by atoms with Crippen LogP contribution in [0, 0.1) is 0 Å². The molecule has 0 aliphatic heterocycles. The zero-order chi connectivity index (χ0) is 18.4. The van der Waals surface area contributed by atoms with Gasteiger partial charge < -0.3 is 20.1 Å². The Morgan fingerprint density at radius 3 is 2.65 bits per heavy atom. The molecule has 0 amide bonds. The molecule has 0 atom stereocenters. The summed E-state index contributed by atoms with van der Waals surface area (Å²) in [5.74, 6) is 1.30. The van der Waals surface area contributed by atoms with Gasteiger partial charge in [0.25, 0.3) is 0 Å². The van der Waals surface area contributed by atoms with E-state index < -0.39 is 5.97 Å². The molecule has 7 nitrogen and oxygen atoms in total. The number of carbonyl (C=O) groups is 1. The lowest BCUT2D eigenvalue weighted by Gasteiger charge is -2.11. The topological polar surface area (TPSA) is 85.4 Å². The molecule has 0 spiro atoms. The van der Waals surface area contributed by atoms with Gasteiger partial charge in [0, 0.05) is 11.9 Å². The predicted molar refractivity (Wildman–Crippen MR) is 99.4 cm³/mol. The minimum absolute atomic E-state index is 0.394. The molecule has 1 aromatic heterocycles. The zero-order valence-corrected chi connectivity index (χ0v) is 14.4. The number of nitrogens with zero attached hydrogens (tertiary/aromatic N) is 2. The second kappa shape index (κ2) is 7.98. The number of hydrogen-bond donors (Lipinski definition) is 2. The molecule has 2 N–H and O–H groups in total. The molecule has 0 aliphatic carbocycles. The van der Waals surface area contributed by atoms with Crippen LogP contribution in [0.4, 0.5) is 23.1 Å². The third-order valence-electron chi connectivity index (χ3n) is 3.57. The van der Waals surface area contributed by atoms with Crippen molar-refractivity contribution in [3.05, 3.63) is 66.4 Å². The molecule has 0 saturated heterocycles. The van der Waals surface area contributed by atoms with Gasteiger partial charge in [-0.3, -0.25) is 0 Å². The number of para-hydroxylation sites is 2. The summed E-state index contributed by atoms with van der Waals surface area (Å²) in [4.78, 5) is 20.3. The van der Waals surface area contributed by atoms with Crippen LogP contribution in [0.5, 0.6) is 5.75 Å². The van der Waals surface area contributed by atoms with Crippen molar-refractivity contribution in [1.29, 1.82) is 0 Å². The van der Waals surface area contributed by atoms with Crippen LogP contribution >= 0.6 is 0 Å². The van der Waals surface area contributed by atoms with Gasteiger partial charge in [0.05, 0.1) is 25.5 Å². The van der Waals surface area contributed by atoms with Gasteiger partial charge in [-0.15, -0.1) is 0 Å². The highest BCUT2D eigenvalue weighted by Crippen LogP contribution is 2.26.